The average Bonchev–Trinajstić information content (AvgIpc) is 1.70. The Balaban J connectivity index is 1.04. The zero-order valence-electron chi connectivity index (χ0n) is 70.9. The van der Waals surface area contributed by atoms with Gasteiger partial charge in [0.2, 0.25) is 41.4 Å². The van der Waals surface area contributed by atoms with E-state index in [2.05, 4.69) is 56.5 Å². The van der Waals surface area contributed by atoms with Gasteiger partial charge >= 0.3 is 5.97 Å². The van der Waals surface area contributed by atoms with Crippen LogP contribution in [0.5, 0.6) is 0 Å². The highest BCUT2D eigenvalue weighted by Gasteiger charge is 2.40. The molecule has 123 heavy (non-hydrogen) atoms. The Kier molecular flexibility index (Phi) is 41.0. The summed E-state index contributed by atoms with van der Waals surface area (Å²) in [6, 6.07) is 15.8. The lowest BCUT2D eigenvalue weighted by molar-refractivity contribution is -0.141. The van der Waals surface area contributed by atoms with Gasteiger partial charge in [-0.25, -0.2) is 9.97 Å². The number of imidazole rings is 2. The van der Waals surface area contributed by atoms with E-state index in [1.54, 1.807) is 88.6 Å². The monoisotopic (exact) mass is 1720 g/mol. The molecule has 4 aromatic heterocycles. The number of nitrogens with one attached hydrogen (secondary N) is 9. The minimum absolute atomic E-state index is 0.0687. The minimum atomic E-state index is -1.71. The maximum Gasteiger partial charge on any atom is 0.304 e. The van der Waals surface area contributed by atoms with Gasteiger partial charge in [-0.1, -0.05) is 121 Å². The summed E-state index contributed by atoms with van der Waals surface area (Å²) in [6.45, 7) is 11.3. The van der Waals surface area contributed by atoms with Crippen molar-refractivity contribution >= 4 is 121 Å². The molecular weight excluding hydrogens is 1600 g/mol. The average molecular weight is 1720 g/mol. The summed E-state index contributed by atoms with van der Waals surface area (Å²) in [5.74, 6) is -19.5. The van der Waals surface area contributed by atoms with Crippen LogP contribution >= 0.6 is 11.6 Å². The molecular formula is C90H120ClN13O19. The molecule has 666 valence electrons. The molecule has 3 aromatic carbocycles. The first kappa shape index (κ1) is 98.9. The highest BCUT2D eigenvalue weighted by Crippen LogP contribution is 2.29. The van der Waals surface area contributed by atoms with E-state index in [-0.39, 0.29) is 57.1 Å². The molecule has 15 N–H and O–H groups in total. The van der Waals surface area contributed by atoms with Crippen LogP contribution in [0.15, 0.2) is 116 Å². The molecule has 7 amide bonds. The molecule has 4 heterocycles. The Morgan fingerprint density at radius 3 is 1.55 bits per heavy atom. The van der Waals surface area contributed by atoms with E-state index in [4.69, 9.17) is 32.5 Å². The number of aliphatic carboxylic acids is 1. The van der Waals surface area contributed by atoms with E-state index in [0.717, 1.165) is 47.5 Å². The van der Waals surface area contributed by atoms with Crippen LogP contribution in [0.25, 0.3) is 21.8 Å². The fourth-order valence-electron chi connectivity index (χ4n) is 15.0. The van der Waals surface area contributed by atoms with E-state index in [9.17, 15) is 63.0 Å². The van der Waals surface area contributed by atoms with Crippen molar-refractivity contribution in [3.8, 4) is 0 Å². The lowest BCUT2D eigenvalue weighted by Gasteiger charge is -2.28. The Labute approximate surface area is 720 Å². The summed E-state index contributed by atoms with van der Waals surface area (Å²) in [4.78, 5) is 231. The minimum Gasteiger partial charge on any atom is -0.481 e. The molecule has 7 aromatic rings. The number of carbonyl (C=O) groups excluding carboxylic acids is 14. The van der Waals surface area contributed by atoms with Gasteiger partial charge in [-0.05, 0) is 86.1 Å². The number of carboxylic acids is 1. The maximum atomic E-state index is 15.2. The zero-order chi connectivity index (χ0) is 89.7. The Morgan fingerprint density at radius 1 is 0.463 bits per heavy atom. The number of aromatic nitrogens is 6. The number of aromatic amines is 4. The largest absolute Gasteiger partial charge is 0.481 e. The number of amides is 7. The van der Waals surface area contributed by atoms with E-state index in [1.165, 1.54) is 38.9 Å². The lowest BCUT2D eigenvalue weighted by atomic mass is 9.83. The van der Waals surface area contributed by atoms with Crippen molar-refractivity contribution < 1.29 is 91.6 Å². The second-order valence-corrected chi connectivity index (χ2v) is 32.8. The predicted octanol–water partition coefficient (Wildman–Crippen LogP) is 7.39. The van der Waals surface area contributed by atoms with E-state index in [1.807, 2.05) is 30.3 Å². The smallest absolute Gasteiger partial charge is 0.304 e. The number of ketones is 7. The van der Waals surface area contributed by atoms with Crippen LogP contribution in [-0.4, -0.2) is 197 Å². The number of alkyl halides is 1. The van der Waals surface area contributed by atoms with Crippen molar-refractivity contribution in [2.45, 2.75) is 219 Å². The third kappa shape index (κ3) is 32.8. The molecule has 13 atom stereocenters. The van der Waals surface area contributed by atoms with Gasteiger partial charge in [0.25, 0.3) is 0 Å². The number of benzene rings is 3. The van der Waals surface area contributed by atoms with Gasteiger partial charge in [0.15, 0.2) is 28.9 Å². The van der Waals surface area contributed by atoms with Crippen LogP contribution in [0.2, 0.25) is 0 Å². The molecule has 0 fully saturated rings. The second-order valence-electron chi connectivity index (χ2n) is 32.4. The van der Waals surface area contributed by atoms with Crippen molar-refractivity contribution in [3.05, 3.63) is 144 Å². The SMILES string of the molecule is CC[C@H](C)C(CC(=O)[C@H](Cc1cnc[nH]1)NC(=O)[C@@H](CC(=O)C(NC(=O)[C@H](C)CC(=O)[C@H](CC(N)=O)NC(=O)[C@@H](CC(=O)[C@H](NC(=O)CCC(=O)CCCOCCOCCCCCCCl)C(C)C)Cc1c[nH]c2ccccc12)[C@@H](C)O)Cc1ccccc1)C(=O)N[C@@H](Cc1c[nH]c2ccccc12)C(=O)C[C@@H](Cc1cnc[nH]1)C(=O)C[C@@H](CC(=O)O)C(N)=O. The number of para-hydroxylation sites is 2. The summed E-state index contributed by atoms with van der Waals surface area (Å²) in [7, 11) is 0. The molecule has 0 spiro atoms. The van der Waals surface area contributed by atoms with Gasteiger partial charge in [-0.2, -0.15) is 0 Å². The van der Waals surface area contributed by atoms with Crippen LogP contribution in [0, 0.1) is 47.3 Å². The first-order valence-electron chi connectivity index (χ1n) is 42.3. The number of nitrogens with zero attached hydrogens (tertiary/aromatic N) is 2. The summed E-state index contributed by atoms with van der Waals surface area (Å²) < 4.78 is 11.2. The third-order valence-electron chi connectivity index (χ3n) is 22.3. The standard InChI is InChI=1S/C90H120ClN13O19/c1-7-54(4)69(90(121)102-72(38-63-48-97-71-26-16-14-24-68(63)71)77(109)39-58(37-64-49-94-51-98-64)75(107)40-59(86(93)117)43-83(115)116)45-78(110)73(44-65-50-95-52-99-65)100-88(119)60(35-57-20-11-10-12-21-57)41-80(112)85(56(6)105)104-87(118)55(5)34-76(108)74(46-81(92)113)101-89(120)61(36-62-47-96-70-25-15-13-23-67(62)70)42-79(111)84(53(2)3)103-82(114)28-27-66(106)22-19-31-123-33-32-122-30-18-9-8-17-29-91/h10-16,20-21,23-26,47-56,58-61,69,72-74,84-85,96-97,105H,7-9,17-19,22,27-46H2,1-6H3,(H2,92,113)(H2,93,117)(H,94,98)(H,95,99)(H,100,119)(H,101,120)(H,102,121)(H,103,114)(H,104,118)(H,115,116)/t54-,55+,56+,58+,59-,60+,61+,69?,72-,73-,74-,84+,85?/m0/s1. The normalized spacial score (nSPS) is 14.7. The van der Waals surface area contributed by atoms with Gasteiger partial charge in [0.05, 0.1) is 74.9 Å². The Morgan fingerprint density at radius 2 is 0.984 bits per heavy atom. The van der Waals surface area contributed by atoms with Gasteiger partial charge in [-0.15, -0.1) is 11.6 Å². The number of Topliss-reactive ketones (excluding diaryl/α,β-unsaturated/α-hetero) is 7. The number of nitrogens with two attached hydrogens (primary N) is 2. The molecule has 2 unspecified atom stereocenters. The topological polar surface area (TPSA) is 516 Å². The summed E-state index contributed by atoms with van der Waals surface area (Å²) in [5.41, 5.74) is 15.4. The highest BCUT2D eigenvalue weighted by atomic mass is 35.5. The molecule has 32 nitrogen and oxygen atoms in total. The van der Waals surface area contributed by atoms with Crippen molar-refractivity contribution in [1.29, 1.82) is 0 Å². The Bertz CT molecular complexity index is 4660. The number of fused-ring (bicyclic) bond motifs is 2. The van der Waals surface area contributed by atoms with Crippen LogP contribution in [0.4, 0.5) is 0 Å². The number of halogens is 1. The van der Waals surface area contributed by atoms with Crippen LogP contribution < -0.4 is 38.1 Å². The van der Waals surface area contributed by atoms with Gasteiger partial charge in [-0.3, -0.25) is 71.9 Å². The predicted molar refractivity (Wildman–Crippen MR) is 458 cm³/mol. The fraction of sp³-hybridized carbons (Fsp3) is 0.522. The highest BCUT2D eigenvalue weighted by molar-refractivity contribution is 6.17. The molecule has 0 bridgehead atoms. The number of aliphatic hydroxyl groups excluding tert-OH is 1. The number of carboxylic acid groups (broad SMARTS) is 1. The van der Waals surface area contributed by atoms with E-state index in [0.29, 0.717) is 73.2 Å². The number of primary amides is 2. The summed E-state index contributed by atoms with van der Waals surface area (Å²) >= 11 is 5.73. The van der Waals surface area contributed by atoms with Crippen molar-refractivity contribution in [3.63, 3.8) is 0 Å². The molecule has 0 aliphatic heterocycles. The number of rotatable bonds is 62. The molecule has 0 aliphatic carbocycles. The van der Waals surface area contributed by atoms with Crippen molar-refractivity contribution in [2.75, 3.05) is 32.3 Å². The van der Waals surface area contributed by atoms with E-state index >= 15 is 19.2 Å². The van der Waals surface area contributed by atoms with Crippen LogP contribution in [0.3, 0.4) is 0 Å². The second kappa shape index (κ2) is 51.0. The summed E-state index contributed by atoms with van der Waals surface area (Å²) in [6.07, 6.45) is 6.62. The quantitative estimate of drug-likeness (QED) is 0.0130. The zero-order valence-corrected chi connectivity index (χ0v) is 71.7. The molecule has 33 heteroatoms. The number of ether oxygens (including phenoxy) is 2. The number of unbranched alkanes of at least 4 members (excludes halogenated alkanes) is 3. The number of carbonyl (C=O) groups is 15. The van der Waals surface area contributed by atoms with Gasteiger partial charge < -0.3 is 77.7 Å². The Hall–Kier alpha value is -11.2. The fourth-order valence-corrected chi connectivity index (χ4v) is 15.2. The lowest BCUT2D eigenvalue weighted by Crippen LogP contribution is -2.52. The molecule has 7 rings (SSSR count). The van der Waals surface area contributed by atoms with Crippen molar-refractivity contribution in [2.24, 2.45) is 58.8 Å². The summed E-state index contributed by atoms with van der Waals surface area (Å²) in [5, 5.41) is 36.0. The first-order chi connectivity index (χ1) is 58.8. The molecule has 0 saturated carbocycles. The molecule has 0 saturated heterocycles. The third-order valence-corrected chi connectivity index (χ3v) is 22.6. The first-order valence-corrected chi connectivity index (χ1v) is 42.8. The van der Waals surface area contributed by atoms with E-state index < -0.39 is 217 Å². The number of hydrogen-bond acceptors (Lipinski definition) is 20. The van der Waals surface area contributed by atoms with Gasteiger partial charge in [0.1, 0.15) is 17.6 Å². The van der Waals surface area contributed by atoms with Crippen LogP contribution in [0.1, 0.15) is 179 Å². The number of H-pyrrole nitrogens is 4. The maximum absolute atomic E-state index is 15.2. The van der Waals surface area contributed by atoms with Gasteiger partial charge in [0, 0.05) is 177 Å². The molecule has 0 aliphatic rings. The number of aliphatic hydroxyl groups is 1. The molecule has 0 radical (unpaired) electrons. The van der Waals surface area contributed by atoms with Crippen LogP contribution in [-0.2, 0) is 113 Å². The number of hydrogen-bond donors (Lipinski definition) is 13. The van der Waals surface area contributed by atoms with Crippen molar-refractivity contribution in [1.82, 2.24) is 56.5 Å².